The molecule has 7 heteroatoms. The molecule has 3 N–H and O–H groups in total. The van der Waals surface area contributed by atoms with Gasteiger partial charge in [0.05, 0.1) is 10.8 Å². The Balaban J connectivity index is 1.84. The zero-order valence-corrected chi connectivity index (χ0v) is 13.3. The number of primary amides is 1. The van der Waals surface area contributed by atoms with Crippen LogP contribution in [0.3, 0.4) is 0 Å². The molecule has 0 spiro atoms. The summed E-state index contributed by atoms with van der Waals surface area (Å²) in [6, 6.07) is 15.5. The normalized spacial score (nSPS) is 12.0. The summed E-state index contributed by atoms with van der Waals surface area (Å²) in [5.41, 5.74) is 5.94. The van der Waals surface area contributed by atoms with E-state index in [4.69, 9.17) is 10.2 Å². The summed E-state index contributed by atoms with van der Waals surface area (Å²) in [6.07, 6.45) is 0. The van der Waals surface area contributed by atoms with Gasteiger partial charge in [0.2, 0.25) is 11.7 Å². The number of para-hydroxylation sites is 1. The standard InChI is InChI=1S/C17H14N2O4S/c18-17(21)16-15(12-8-4-5-9-13(12)23-16)19-14(20)10-24(22)11-6-2-1-3-7-11/h1-9H,10H2,(H2,18,21)(H,19,20). The number of hydrogen-bond donors (Lipinski definition) is 2. The molecule has 0 radical (unpaired) electrons. The van der Waals surface area contributed by atoms with Crippen molar-refractivity contribution in [2.24, 2.45) is 5.73 Å². The van der Waals surface area contributed by atoms with Crippen LogP contribution in [0.25, 0.3) is 11.0 Å². The van der Waals surface area contributed by atoms with Gasteiger partial charge in [-0.05, 0) is 24.3 Å². The number of carbonyl (C=O) groups is 2. The van der Waals surface area contributed by atoms with Crippen LogP contribution < -0.4 is 11.1 Å². The largest absolute Gasteiger partial charge is 0.449 e. The monoisotopic (exact) mass is 342 g/mol. The van der Waals surface area contributed by atoms with Gasteiger partial charge in [0.1, 0.15) is 17.0 Å². The van der Waals surface area contributed by atoms with Crippen LogP contribution in [0.15, 0.2) is 63.9 Å². The van der Waals surface area contributed by atoms with Crippen LogP contribution in [0.1, 0.15) is 10.6 Å². The van der Waals surface area contributed by atoms with Crippen LogP contribution in [0, 0.1) is 0 Å². The molecule has 3 rings (SSSR count). The van der Waals surface area contributed by atoms with Crippen LogP contribution in [0.4, 0.5) is 5.69 Å². The van der Waals surface area contributed by atoms with E-state index in [2.05, 4.69) is 5.32 Å². The van der Waals surface area contributed by atoms with Crippen LogP contribution >= 0.6 is 0 Å². The number of rotatable bonds is 5. The fourth-order valence-electron chi connectivity index (χ4n) is 2.29. The quantitative estimate of drug-likeness (QED) is 0.742. The molecule has 0 saturated heterocycles. The fraction of sp³-hybridized carbons (Fsp3) is 0.0588. The average Bonchev–Trinajstić information content (AvgIpc) is 2.94. The lowest BCUT2D eigenvalue weighted by Gasteiger charge is -2.05. The van der Waals surface area contributed by atoms with Crippen LogP contribution in [-0.2, 0) is 15.6 Å². The zero-order chi connectivity index (χ0) is 17.1. The van der Waals surface area contributed by atoms with Gasteiger partial charge < -0.3 is 15.5 Å². The highest BCUT2D eigenvalue weighted by Crippen LogP contribution is 2.30. The maximum Gasteiger partial charge on any atom is 0.286 e. The molecule has 1 unspecified atom stereocenters. The van der Waals surface area contributed by atoms with Gasteiger partial charge in [-0.25, -0.2) is 0 Å². The molecule has 122 valence electrons. The summed E-state index contributed by atoms with van der Waals surface area (Å²) in [6.45, 7) is 0. The van der Waals surface area contributed by atoms with Crippen molar-refractivity contribution < 1.29 is 18.2 Å². The molecule has 0 aliphatic carbocycles. The first-order valence-electron chi connectivity index (χ1n) is 7.11. The molecule has 2 amide bonds. The van der Waals surface area contributed by atoms with Gasteiger partial charge >= 0.3 is 0 Å². The van der Waals surface area contributed by atoms with Crippen molar-refractivity contribution >= 4 is 39.3 Å². The predicted octanol–water partition coefficient (Wildman–Crippen LogP) is 2.28. The number of amides is 2. The summed E-state index contributed by atoms with van der Waals surface area (Å²) in [5, 5.41) is 3.15. The number of benzene rings is 2. The van der Waals surface area contributed by atoms with Gasteiger partial charge in [0, 0.05) is 10.3 Å². The Morgan fingerprint density at radius 3 is 2.42 bits per heavy atom. The molecule has 0 bridgehead atoms. The lowest BCUT2D eigenvalue weighted by Crippen LogP contribution is -2.21. The van der Waals surface area contributed by atoms with E-state index in [9.17, 15) is 13.8 Å². The van der Waals surface area contributed by atoms with E-state index < -0.39 is 22.6 Å². The minimum atomic E-state index is -1.48. The summed E-state index contributed by atoms with van der Waals surface area (Å²) in [5.74, 6) is -1.64. The van der Waals surface area contributed by atoms with Crippen LogP contribution in [-0.4, -0.2) is 21.8 Å². The number of hydrogen-bond acceptors (Lipinski definition) is 4. The van der Waals surface area contributed by atoms with E-state index in [0.29, 0.717) is 15.9 Å². The molecule has 0 aliphatic heterocycles. The number of carbonyl (C=O) groups excluding carboxylic acids is 2. The number of nitrogens with one attached hydrogen (secondary N) is 1. The van der Waals surface area contributed by atoms with Crippen molar-refractivity contribution in [3.05, 3.63) is 60.4 Å². The van der Waals surface area contributed by atoms with Crippen molar-refractivity contribution in [2.45, 2.75) is 4.90 Å². The van der Waals surface area contributed by atoms with E-state index >= 15 is 0 Å². The Kier molecular flexibility index (Phi) is 4.43. The summed E-state index contributed by atoms with van der Waals surface area (Å²) in [4.78, 5) is 24.3. The van der Waals surface area contributed by atoms with Crippen molar-refractivity contribution in [1.29, 1.82) is 0 Å². The molecule has 0 aliphatic rings. The zero-order valence-electron chi connectivity index (χ0n) is 12.5. The smallest absolute Gasteiger partial charge is 0.286 e. The van der Waals surface area contributed by atoms with E-state index in [1.54, 1.807) is 54.6 Å². The highest BCUT2D eigenvalue weighted by molar-refractivity contribution is 7.85. The molecule has 6 nitrogen and oxygen atoms in total. The van der Waals surface area contributed by atoms with Crippen molar-refractivity contribution in [1.82, 2.24) is 0 Å². The third-order valence-electron chi connectivity index (χ3n) is 3.35. The van der Waals surface area contributed by atoms with E-state index in [1.165, 1.54) is 0 Å². The summed E-state index contributed by atoms with van der Waals surface area (Å²) >= 11 is 0. The first-order chi connectivity index (χ1) is 11.6. The van der Waals surface area contributed by atoms with Gasteiger partial charge in [-0.15, -0.1) is 0 Å². The Morgan fingerprint density at radius 2 is 1.71 bits per heavy atom. The summed E-state index contributed by atoms with van der Waals surface area (Å²) in [7, 11) is -1.48. The Hall–Kier alpha value is -2.93. The van der Waals surface area contributed by atoms with Gasteiger partial charge in [-0.2, -0.15) is 0 Å². The van der Waals surface area contributed by atoms with E-state index in [1.807, 2.05) is 0 Å². The topological polar surface area (TPSA) is 102 Å². The first-order valence-corrected chi connectivity index (χ1v) is 8.43. The molecular formula is C17H14N2O4S. The van der Waals surface area contributed by atoms with Crippen molar-refractivity contribution in [3.8, 4) is 0 Å². The van der Waals surface area contributed by atoms with Crippen molar-refractivity contribution in [3.63, 3.8) is 0 Å². The second-order valence-corrected chi connectivity index (χ2v) is 6.47. The molecular weight excluding hydrogens is 328 g/mol. The van der Waals surface area contributed by atoms with Gasteiger partial charge in [-0.1, -0.05) is 30.3 Å². The maximum atomic E-state index is 12.2. The second-order valence-electron chi connectivity index (χ2n) is 5.02. The number of fused-ring (bicyclic) bond motifs is 1. The maximum absolute atomic E-state index is 12.2. The van der Waals surface area contributed by atoms with Crippen LogP contribution in [0.5, 0.6) is 0 Å². The predicted molar refractivity (Wildman–Crippen MR) is 91.1 cm³/mol. The molecule has 1 atom stereocenters. The van der Waals surface area contributed by atoms with Gasteiger partial charge in [0.15, 0.2) is 0 Å². The lowest BCUT2D eigenvalue weighted by atomic mass is 10.2. The average molecular weight is 342 g/mol. The van der Waals surface area contributed by atoms with Gasteiger partial charge in [-0.3, -0.25) is 13.8 Å². The molecule has 0 saturated carbocycles. The number of furan rings is 1. The minimum absolute atomic E-state index is 0.130. The molecule has 3 aromatic rings. The minimum Gasteiger partial charge on any atom is -0.449 e. The number of nitrogens with two attached hydrogens (primary N) is 1. The third kappa shape index (κ3) is 3.21. The fourth-order valence-corrected chi connectivity index (χ4v) is 3.23. The van der Waals surface area contributed by atoms with E-state index in [0.717, 1.165) is 0 Å². The molecule has 24 heavy (non-hydrogen) atoms. The molecule has 1 aromatic heterocycles. The summed E-state index contributed by atoms with van der Waals surface area (Å²) < 4.78 is 17.6. The Bertz CT molecular complexity index is 934. The Morgan fingerprint density at radius 1 is 1.04 bits per heavy atom. The molecule has 0 fully saturated rings. The van der Waals surface area contributed by atoms with E-state index in [-0.39, 0.29) is 17.2 Å². The molecule has 2 aromatic carbocycles. The Labute approximate surface area is 140 Å². The number of anilines is 1. The third-order valence-corrected chi connectivity index (χ3v) is 4.67. The first kappa shape index (κ1) is 15.9. The molecule has 1 heterocycles. The van der Waals surface area contributed by atoms with Crippen molar-refractivity contribution in [2.75, 3.05) is 11.1 Å². The second kappa shape index (κ2) is 6.67. The van der Waals surface area contributed by atoms with Crippen LogP contribution in [0.2, 0.25) is 0 Å². The van der Waals surface area contributed by atoms with Gasteiger partial charge in [0.25, 0.3) is 5.91 Å². The lowest BCUT2D eigenvalue weighted by molar-refractivity contribution is -0.113. The highest BCUT2D eigenvalue weighted by atomic mass is 32.2. The highest BCUT2D eigenvalue weighted by Gasteiger charge is 2.21. The SMILES string of the molecule is NC(=O)c1oc2ccccc2c1NC(=O)CS(=O)c1ccccc1.